The topological polar surface area (TPSA) is 15.3 Å². The monoisotopic (exact) mass is 212 g/mol. The van der Waals surface area contributed by atoms with Crippen LogP contribution in [0.2, 0.25) is 0 Å². The van der Waals surface area contributed by atoms with Crippen molar-refractivity contribution in [2.75, 3.05) is 26.7 Å². The fourth-order valence-corrected chi connectivity index (χ4v) is 2.62. The highest BCUT2D eigenvalue weighted by Gasteiger charge is 2.17. The van der Waals surface area contributed by atoms with Crippen LogP contribution in [0.3, 0.4) is 0 Å². The quantitative estimate of drug-likeness (QED) is 0.753. The second kappa shape index (κ2) is 8.12. The van der Waals surface area contributed by atoms with E-state index in [0.717, 1.165) is 12.6 Å². The van der Waals surface area contributed by atoms with Crippen molar-refractivity contribution in [3.05, 3.63) is 0 Å². The van der Waals surface area contributed by atoms with Gasteiger partial charge in [-0.1, -0.05) is 32.6 Å². The van der Waals surface area contributed by atoms with Crippen LogP contribution in [0.25, 0.3) is 0 Å². The minimum atomic E-state index is 0.776. The molecule has 1 heterocycles. The molecule has 1 N–H and O–H groups in total. The Labute approximate surface area is 95.4 Å². The van der Waals surface area contributed by atoms with Gasteiger partial charge in [0, 0.05) is 12.6 Å². The third kappa shape index (κ3) is 4.98. The summed E-state index contributed by atoms with van der Waals surface area (Å²) < 4.78 is 0. The van der Waals surface area contributed by atoms with Crippen LogP contribution in [0, 0.1) is 0 Å². The molecule has 1 saturated heterocycles. The van der Waals surface area contributed by atoms with Crippen LogP contribution in [0.15, 0.2) is 0 Å². The molecule has 1 unspecified atom stereocenters. The summed E-state index contributed by atoms with van der Waals surface area (Å²) in [6.07, 6.45) is 9.81. The molecule has 1 fully saturated rings. The van der Waals surface area contributed by atoms with Crippen molar-refractivity contribution in [2.24, 2.45) is 0 Å². The maximum absolute atomic E-state index is 3.34. The van der Waals surface area contributed by atoms with Crippen molar-refractivity contribution < 1.29 is 0 Å². The Morgan fingerprint density at radius 1 is 1.07 bits per heavy atom. The van der Waals surface area contributed by atoms with Crippen molar-refractivity contribution in [2.45, 2.75) is 57.9 Å². The summed E-state index contributed by atoms with van der Waals surface area (Å²) in [5.74, 6) is 0. The Hall–Kier alpha value is -0.0800. The number of likely N-dealkylation sites (tertiary alicyclic amines) is 1. The Bertz CT molecular complexity index is 133. The van der Waals surface area contributed by atoms with E-state index in [-0.39, 0.29) is 0 Å². The molecule has 0 spiro atoms. The average molecular weight is 212 g/mol. The number of hydrogen-bond acceptors (Lipinski definition) is 2. The molecule has 1 rings (SSSR count). The van der Waals surface area contributed by atoms with Crippen LogP contribution in [0.1, 0.15) is 51.9 Å². The molecule has 1 atom stereocenters. The minimum Gasteiger partial charge on any atom is -0.318 e. The molecule has 0 amide bonds. The highest BCUT2D eigenvalue weighted by molar-refractivity contribution is 4.74. The lowest BCUT2D eigenvalue weighted by Crippen LogP contribution is -2.43. The second-order valence-electron chi connectivity index (χ2n) is 4.80. The van der Waals surface area contributed by atoms with Gasteiger partial charge in [0.15, 0.2) is 0 Å². The lowest BCUT2D eigenvalue weighted by atomic mass is 10.0. The lowest BCUT2D eigenvalue weighted by Gasteiger charge is -2.33. The standard InChI is InChI=1S/C13H28N2/c1-3-9-13(12-14-2)15-10-7-5-4-6-8-11-15/h13-14H,3-12H2,1-2H3. The Kier molecular flexibility index (Phi) is 7.03. The molecule has 15 heavy (non-hydrogen) atoms. The van der Waals surface area contributed by atoms with E-state index >= 15 is 0 Å². The van der Waals surface area contributed by atoms with Gasteiger partial charge in [-0.05, 0) is 39.4 Å². The van der Waals surface area contributed by atoms with E-state index in [0.29, 0.717) is 0 Å². The van der Waals surface area contributed by atoms with Gasteiger partial charge in [-0.25, -0.2) is 0 Å². The fraction of sp³-hybridized carbons (Fsp3) is 1.00. The first-order valence-electron chi connectivity index (χ1n) is 6.77. The van der Waals surface area contributed by atoms with Crippen LogP contribution < -0.4 is 5.32 Å². The van der Waals surface area contributed by atoms with Gasteiger partial charge < -0.3 is 5.32 Å². The number of likely N-dealkylation sites (N-methyl/N-ethyl adjacent to an activating group) is 1. The van der Waals surface area contributed by atoms with Crippen LogP contribution in [-0.4, -0.2) is 37.6 Å². The lowest BCUT2D eigenvalue weighted by molar-refractivity contribution is 0.168. The first-order chi connectivity index (χ1) is 7.38. The molecule has 0 bridgehead atoms. The summed E-state index contributed by atoms with van der Waals surface area (Å²) in [4.78, 5) is 2.72. The number of nitrogens with zero attached hydrogens (tertiary/aromatic N) is 1. The summed E-state index contributed by atoms with van der Waals surface area (Å²) in [6, 6.07) is 0.776. The molecule has 0 saturated carbocycles. The van der Waals surface area contributed by atoms with E-state index in [1.165, 1.54) is 58.0 Å². The Morgan fingerprint density at radius 3 is 2.20 bits per heavy atom. The van der Waals surface area contributed by atoms with Crippen LogP contribution in [0.4, 0.5) is 0 Å². The molecule has 0 radical (unpaired) electrons. The second-order valence-corrected chi connectivity index (χ2v) is 4.80. The number of hydrogen-bond donors (Lipinski definition) is 1. The highest BCUT2D eigenvalue weighted by atomic mass is 15.2. The highest BCUT2D eigenvalue weighted by Crippen LogP contribution is 2.15. The molecular formula is C13H28N2. The predicted molar refractivity (Wildman–Crippen MR) is 67.3 cm³/mol. The minimum absolute atomic E-state index is 0.776. The van der Waals surface area contributed by atoms with Crippen LogP contribution in [-0.2, 0) is 0 Å². The zero-order chi connectivity index (χ0) is 10.9. The molecule has 0 aromatic carbocycles. The van der Waals surface area contributed by atoms with E-state index in [1.807, 2.05) is 0 Å². The third-order valence-electron chi connectivity index (χ3n) is 3.47. The van der Waals surface area contributed by atoms with Gasteiger partial charge in [0.2, 0.25) is 0 Å². The van der Waals surface area contributed by atoms with Crippen LogP contribution in [0.5, 0.6) is 0 Å². The van der Waals surface area contributed by atoms with Crippen molar-refractivity contribution in [1.82, 2.24) is 10.2 Å². The van der Waals surface area contributed by atoms with Gasteiger partial charge in [-0.15, -0.1) is 0 Å². The third-order valence-corrected chi connectivity index (χ3v) is 3.47. The zero-order valence-corrected chi connectivity index (χ0v) is 10.6. The number of rotatable bonds is 5. The van der Waals surface area contributed by atoms with E-state index in [4.69, 9.17) is 0 Å². The van der Waals surface area contributed by atoms with Gasteiger partial charge in [-0.2, -0.15) is 0 Å². The smallest absolute Gasteiger partial charge is 0.0220 e. The van der Waals surface area contributed by atoms with Gasteiger partial charge in [0.25, 0.3) is 0 Å². The van der Waals surface area contributed by atoms with Gasteiger partial charge >= 0.3 is 0 Å². The molecule has 1 aliphatic rings. The van der Waals surface area contributed by atoms with Gasteiger partial charge in [0.1, 0.15) is 0 Å². The Morgan fingerprint density at radius 2 is 1.67 bits per heavy atom. The molecule has 0 aromatic rings. The summed E-state index contributed by atoms with van der Waals surface area (Å²) >= 11 is 0. The first kappa shape index (κ1) is 13.0. The summed E-state index contributed by atoms with van der Waals surface area (Å²) in [7, 11) is 2.08. The predicted octanol–water partition coefficient (Wildman–Crippen LogP) is 2.64. The number of nitrogens with one attached hydrogen (secondary N) is 1. The molecule has 2 nitrogen and oxygen atoms in total. The Balaban J connectivity index is 2.38. The summed E-state index contributed by atoms with van der Waals surface area (Å²) in [5.41, 5.74) is 0. The van der Waals surface area contributed by atoms with E-state index in [1.54, 1.807) is 0 Å². The molecule has 2 heteroatoms. The summed E-state index contributed by atoms with van der Waals surface area (Å²) in [6.45, 7) is 6.11. The van der Waals surface area contributed by atoms with Crippen molar-refractivity contribution in [3.8, 4) is 0 Å². The van der Waals surface area contributed by atoms with E-state index < -0.39 is 0 Å². The summed E-state index contributed by atoms with van der Waals surface area (Å²) in [5, 5.41) is 3.34. The van der Waals surface area contributed by atoms with Gasteiger partial charge in [-0.3, -0.25) is 4.90 Å². The maximum Gasteiger partial charge on any atom is 0.0220 e. The van der Waals surface area contributed by atoms with Crippen LogP contribution >= 0.6 is 0 Å². The van der Waals surface area contributed by atoms with Gasteiger partial charge in [0.05, 0.1) is 0 Å². The normalized spacial score (nSPS) is 22.0. The first-order valence-corrected chi connectivity index (χ1v) is 6.77. The zero-order valence-electron chi connectivity index (χ0n) is 10.6. The van der Waals surface area contributed by atoms with Crippen molar-refractivity contribution in [3.63, 3.8) is 0 Å². The SMILES string of the molecule is CCCC(CNC)N1CCCCCCC1. The van der Waals surface area contributed by atoms with Crippen molar-refractivity contribution in [1.29, 1.82) is 0 Å². The molecule has 90 valence electrons. The molecular weight excluding hydrogens is 184 g/mol. The van der Waals surface area contributed by atoms with E-state index in [2.05, 4.69) is 24.2 Å². The molecule has 1 aliphatic heterocycles. The van der Waals surface area contributed by atoms with Crippen molar-refractivity contribution >= 4 is 0 Å². The average Bonchev–Trinajstić information content (AvgIpc) is 2.17. The largest absolute Gasteiger partial charge is 0.318 e. The fourth-order valence-electron chi connectivity index (χ4n) is 2.62. The van der Waals surface area contributed by atoms with E-state index in [9.17, 15) is 0 Å². The molecule has 0 aromatic heterocycles. The maximum atomic E-state index is 3.34. The molecule has 0 aliphatic carbocycles.